The van der Waals surface area contributed by atoms with E-state index < -0.39 is 6.04 Å². The molecule has 0 radical (unpaired) electrons. The van der Waals surface area contributed by atoms with Gasteiger partial charge in [0, 0.05) is 44.4 Å². The fourth-order valence-electron chi connectivity index (χ4n) is 3.05. The van der Waals surface area contributed by atoms with Gasteiger partial charge in [-0.25, -0.2) is 0 Å². The highest BCUT2D eigenvalue weighted by Crippen LogP contribution is 2.41. The summed E-state index contributed by atoms with van der Waals surface area (Å²) in [4.78, 5) is 28.5. The third-order valence-electron chi connectivity index (χ3n) is 4.33. The first-order chi connectivity index (χ1) is 11.7. The number of ether oxygens (including phenoxy) is 1. The zero-order valence-electron chi connectivity index (χ0n) is 13.8. The van der Waals surface area contributed by atoms with Crippen LogP contribution in [0.3, 0.4) is 0 Å². The van der Waals surface area contributed by atoms with Crippen molar-refractivity contribution < 1.29 is 18.7 Å². The van der Waals surface area contributed by atoms with E-state index in [-0.39, 0.29) is 17.2 Å². The Labute approximate surface area is 145 Å². The number of morpholine rings is 1. The SMILES string of the molecule is CC(=O)N1C(C(=O)NCCN2CCOCC2)CSC1c1ccoc1. The fourth-order valence-corrected chi connectivity index (χ4v) is 4.50. The van der Waals surface area contributed by atoms with Crippen LogP contribution in [0.15, 0.2) is 23.0 Å². The molecule has 7 nitrogen and oxygen atoms in total. The second-order valence-corrected chi connectivity index (χ2v) is 7.04. The average molecular weight is 353 g/mol. The molecule has 0 spiro atoms. The lowest BCUT2D eigenvalue weighted by molar-refractivity contribution is -0.138. The maximum atomic E-state index is 12.5. The van der Waals surface area contributed by atoms with Gasteiger partial charge in [-0.1, -0.05) is 0 Å². The van der Waals surface area contributed by atoms with Gasteiger partial charge in [-0.05, 0) is 6.07 Å². The summed E-state index contributed by atoms with van der Waals surface area (Å²) >= 11 is 1.59. The van der Waals surface area contributed by atoms with Crippen molar-refractivity contribution in [1.82, 2.24) is 15.1 Å². The fraction of sp³-hybridized carbons (Fsp3) is 0.625. The molecule has 1 aromatic heterocycles. The molecule has 0 bridgehead atoms. The third-order valence-corrected chi connectivity index (χ3v) is 5.65. The number of hydrogen-bond acceptors (Lipinski definition) is 6. The molecule has 132 valence electrons. The predicted molar refractivity (Wildman–Crippen MR) is 90.5 cm³/mol. The van der Waals surface area contributed by atoms with E-state index in [4.69, 9.17) is 9.15 Å². The number of rotatable bonds is 5. The van der Waals surface area contributed by atoms with E-state index in [0.717, 1.165) is 38.4 Å². The van der Waals surface area contributed by atoms with Crippen LogP contribution in [0, 0.1) is 0 Å². The lowest BCUT2D eigenvalue weighted by Crippen LogP contribution is -2.49. The minimum atomic E-state index is -0.433. The number of furan rings is 1. The van der Waals surface area contributed by atoms with E-state index in [1.807, 2.05) is 6.07 Å². The van der Waals surface area contributed by atoms with Crippen LogP contribution in [0.1, 0.15) is 17.9 Å². The van der Waals surface area contributed by atoms with E-state index in [1.165, 1.54) is 6.92 Å². The van der Waals surface area contributed by atoms with Gasteiger partial charge >= 0.3 is 0 Å². The van der Waals surface area contributed by atoms with Gasteiger partial charge < -0.3 is 19.4 Å². The molecule has 0 aromatic carbocycles. The van der Waals surface area contributed by atoms with Crippen LogP contribution < -0.4 is 5.32 Å². The molecule has 2 aliphatic heterocycles. The molecule has 8 heteroatoms. The largest absolute Gasteiger partial charge is 0.472 e. The summed E-state index contributed by atoms with van der Waals surface area (Å²) in [5.41, 5.74) is 0.916. The first-order valence-electron chi connectivity index (χ1n) is 8.17. The standard InChI is InChI=1S/C16H23N3O4S/c1-12(20)19-14(11-24-16(19)13-2-7-23-10-13)15(21)17-3-4-18-5-8-22-9-6-18/h2,7,10,14,16H,3-6,8-9,11H2,1H3,(H,17,21). The van der Waals surface area contributed by atoms with E-state index in [0.29, 0.717) is 12.3 Å². The molecule has 2 saturated heterocycles. The Morgan fingerprint density at radius 3 is 2.83 bits per heavy atom. The van der Waals surface area contributed by atoms with Crippen molar-refractivity contribution in [3.05, 3.63) is 24.2 Å². The summed E-state index contributed by atoms with van der Waals surface area (Å²) in [6, 6.07) is 1.41. The predicted octanol–water partition coefficient (Wildman–Crippen LogP) is 0.691. The molecule has 3 rings (SSSR count). The average Bonchev–Trinajstić information content (AvgIpc) is 3.24. The minimum absolute atomic E-state index is 0.0862. The van der Waals surface area contributed by atoms with E-state index in [1.54, 1.807) is 29.2 Å². The van der Waals surface area contributed by atoms with Gasteiger partial charge in [0.15, 0.2) is 0 Å². The highest BCUT2D eigenvalue weighted by molar-refractivity contribution is 7.99. The molecule has 2 fully saturated rings. The number of carbonyl (C=O) groups excluding carboxylic acids is 2. The Bertz CT molecular complexity index is 560. The first-order valence-corrected chi connectivity index (χ1v) is 9.22. The molecule has 0 saturated carbocycles. The lowest BCUT2D eigenvalue weighted by Gasteiger charge is -2.28. The zero-order valence-corrected chi connectivity index (χ0v) is 14.6. The molecule has 24 heavy (non-hydrogen) atoms. The van der Waals surface area contributed by atoms with Gasteiger partial charge in [0.05, 0.1) is 25.7 Å². The van der Waals surface area contributed by atoms with Crippen molar-refractivity contribution in [2.75, 3.05) is 45.1 Å². The van der Waals surface area contributed by atoms with Crippen LogP contribution in [-0.2, 0) is 14.3 Å². The summed E-state index contributed by atoms with van der Waals surface area (Å²) in [5, 5.41) is 2.81. The summed E-state index contributed by atoms with van der Waals surface area (Å²) in [6.07, 6.45) is 3.22. The van der Waals surface area contributed by atoms with Crippen LogP contribution in [0.4, 0.5) is 0 Å². The summed E-state index contributed by atoms with van der Waals surface area (Å²) in [5.74, 6) is 0.412. The number of nitrogens with one attached hydrogen (secondary N) is 1. The Morgan fingerprint density at radius 1 is 1.38 bits per heavy atom. The van der Waals surface area contributed by atoms with Crippen LogP contribution in [-0.4, -0.2) is 72.8 Å². The monoisotopic (exact) mass is 353 g/mol. The molecule has 3 heterocycles. The summed E-state index contributed by atoms with van der Waals surface area (Å²) < 4.78 is 10.4. The topological polar surface area (TPSA) is 75.0 Å². The molecule has 2 unspecified atom stereocenters. The molecule has 2 atom stereocenters. The number of thioether (sulfide) groups is 1. The smallest absolute Gasteiger partial charge is 0.243 e. The van der Waals surface area contributed by atoms with Crippen molar-refractivity contribution in [3.8, 4) is 0 Å². The van der Waals surface area contributed by atoms with Gasteiger partial charge in [-0.2, -0.15) is 0 Å². The van der Waals surface area contributed by atoms with Crippen molar-refractivity contribution in [1.29, 1.82) is 0 Å². The van der Waals surface area contributed by atoms with E-state index in [2.05, 4.69) is 10.2 Å². The van der Waals surface area contributed by atoms with Crippen molar-refractivity contribution in [2.24, 2.45) is 0 Å². The van der Waals surface area contributed by atoms with Crippen molar-refractivity contribution in [2.45, 2.75) is 18.3 Å². The van der Waals surface area contributed by atoms with Crippen LogP contribution in [0.25, 0.3) is 0 Å². The first kappa shape index (κ1) is 17.3. The second-order valence-electron chi connectivity index (χ2n) is 5.93. The van der Waals surface area contributed by atoms with Gasteiger partial charge in [0.2, 0.25) is 11.8 Å². The van der Waals surface area contributed by atoms with Crippen LogP contribution in [0.5, 0.6) is 0 Å². The normalized spacial score (nSPS) is 25.0. The van der Waals surface area contributed by atoms with Gasteiger partial charge in [-0.3, -0.25) is 14.5 Å². The second kappa shape index (κ2) is 8.04. The van der Waals surface area contributed by atoms with Gasteiger partial charge in [0.1, 0.15) is 11.4 Å². The van der Waals surface area contributed by atoms with Gasteiger partial charge in [-0.15, -0.1) is 11.8 Å². The number of amides is 2. The number of hydrogen-bond donors (Lipinski definition) is 1. The van der Waals surface area contributed by atoms with Crippen molar-refractivity contribution >= 4 is 23.6 Å². The van der Waals surface area contributed by atoms with E-state index >= 15 is 0 Å². The highest BCUT2D eigenvalue weighted by atomic mass is 32.2. The summed E-state index contributed by atoms with van der Waals surface area (Å²) in [7, 11) is 0. The number of carbonyl (C=O) groups is 2. The van der Waals surface area contributed by atoms with Crippen LogP contribution >= 0.6 is 11.8 Å². The maximum Gasteiger partial charge on any atom is 0.243 e. The molecule has 0 aliphatic carbocycles. The molecule has 2 aliphatic rings. The Morgan fingerprint density at radius 2 is 2.17 bits per heavy atom. The van der Waals surface area contributed by atoms with E-state index in [9.17, 15) is 9.59 Å². The van der Waals surface area contributed by atoms with Crippen molar-refractivity contribution in [3.63, 3.8) is 0 Å². The summed E-state index contributed by atoms with van der Waals surface area (Å²) in [6.45, 7) is 6.19. The molecular weight excluding hydrogens is 330 g/mol. The third kappa shape index (κ3) is 3.93. The highest BCUT2D eigenvalue weighted by Gasteiger charge is 2.41. The maximum absolute atomic E-state index is 12.5. The van der Waals surface area contributed by atoms with Crippen LogP contribution in [0.2, 0.25) is 0 Å². The lowest BCUT2D eigenvalue weighted by atomic mass is 10.2. The molecule has 1 N–H and O–H groups in total. The quantitative estimate of drug-likeness (QED) is 0.840. The number of nitrogens with zero attached hydrogens (tertiary/aromatic N) is 2. The molecule has 2 amide bonds. The Kier molecular flexibility index (Phi) is 5.80. The Balaban J connectivity index is 1.54. The molecule has 1 aromatic rings. The minimum Gasteiger partial charge on any atom is -0.472 e. The van der Waals surface area contributed by atoms with Gasteiger partial charge in [0.25, 0.3) is 0 Å². The zero-order chi connectivity index (χ0) is 16.9. The molecular formula is C16H23N3O4S. The Hall–Kier alpha value is -1.51.